The third-order valence-electron chi connectivity index (χ3n) is 2.39. The third kappa shape index (κ3) is 4.17. The molecule has 8 heteroatoms. The molecule has 2 N–H and O–H groups in total. The summed E-state index contributed by atoms with van der Waals surface area (Å²) in [5, 5.41) is 5.49. The Kier molecular flexibility index (Phi) is 4.24. The van der Waals surface area contributed by atoms with Gasteiger partial charge in [0.05, 0.1) is 28.3 Å². The zero-order valence-corrected chi connectivity index (χ0v) is 11.4. The number of fused-ring (bicyclic) bond motifs is 1. The maximum Gasteiger partial charge on any atom is 0.401 e. The van der Waals surface area contributed by atoms with Gasteiger partial charge >= 0.3 is 6.18 Å². The maximum absolute atomic E-state index is 11.9. The van der Waals surface area contributed by atoms with Crippen LogP contribution in [0.4, 0.5) is 18.9 Å². The van der Waals surface area contributed by atoms with Gasteiger partial charge in [0, 0.05) is 5.69 Å². The molecule has 0 atom stereocenters. The first-order valence-corrected chi connectivity index (χ1v) is 6.60. The summed E-state index contributed by atoms with van der Waals surface area (Å²) in [6.07, 6.45) is -4.32. The number of thiazole rings is 1. The Morgan fingerprint density at radius 1 is 1.40 bits per heavy atom. The van der Waals surface area contributed by atoms with Crippen LogP contribution in [0.3, 0.4) is 0 Å². The van der Waals surface area contributed by atoms with Gasteiger partial charge in [0.15, 0.2) is 0 Å². The number of aromatic nitrogens is 1. The minimum atomic E-state index is -4.32. The van der Waals surface area contributed by atoms with Gasteiger partial charge < -0.3 is 10.6 Å². The van der Waals surface area contributed by atoms with Crippen molar-refractivity contribution in [2.45, 2.75) is 13.1 Å². The first-order valence-electron chi connectivity index (χ1n) is 5.78. The molecule has 108 valence electrons. The highest BCUT2D eigenvalue weighted by Gasteiger charge is 2.26. The molecule has 4 nitrogen and oxygen atoms in total. The molecule has 1 aromatic heterocycles. The Morgan fingerprint density at radius 3 is 2.85 bits per heavy atom. The van der Waals surface area contributed by atoms with Crippen molar-refractivity contribution >= 4 is 33.1 Å². The summed E-state index contributed by atoms with van der Waals surface area (Å²) in [4.78, 5) is 15.8. The Balaban J connectivity index is 1.92. The maximum atomic E-state index is 11.9. The van der Waals surface area contributed by atoms with Crippen LogP contribution in [0, 0.1) is 6.92 Å². The normalized spacial score (nSPS) is 11.8. The Morgan fingerprint density at radius 2 is 2.15 bits per heavy atom. The number of halogens is 3. The van der Waals surface area contributed by atoms with Gasteiger partial charge in [-0.25, -0.2) is 4.98 Å². The highest BCUT2D eigenvalue weighted by atomic mass is 32.1. The molecule has 0 spiro atoms. The van der Waals surface area contributed by atoms with Gasteiger partial charge in [-0.2, -0.15) is 13.2 Å². The molecule has 2 aromatic rings. The van der Waals surface area contributed by atoms with Gasteiger partial charge in [0.25, 0.3) is 0 Å². The number of carbonyl (C=O) groups is 1. The van der Waals surface area contributed by atoms with Gasteiger partial charge in [-0.3, -0.25) is 4.79 Å². The van der Waals surface area contributed by atoms with Crippen LogP contribution in [0.15, 0.2) is 18.2 Å². The molecule has 0 saturated carbocycles. The summed E-state index contributed by atoms with van der Waals surface area (Å²) in [5.41, 5.74) is 1.38. The molecule has 0 aliphatic heterocycles. The summed E-state index contributed by atoms with van der Waals surface area (Å²) in [6.45, 7) is 0.302. The van der Waals surface area contributed by atoms with E-state index in [0.29, 0.717) is 5.69 Å². The minimum Gasteiger partial charge on any atom is -0.325 e. The summed E-state index contributed by atoms with van der Waals surface area (Å²) < 4.78 is 36.6. The van der Waals surface area contributed by atoms with Crippen molar-refractivity contribution in [3.63, 3.8) is 0 Å². The molecule has 0 unspecified atom stereocenters. The van der Waals surface area contributed by atoms with Crippen LogP contribution in [0.5, 0.6) is 0 Å². The van der Waals surface area contributed by atoms with Crippen molar-refractivity contribution in [2.24, 2.45) is 0 Å². The Bertz CT molecular complexity index is 624. The Hall–Kier alpha value is -1.67. The van der Waals surface area contributed by atoms with E-state index in [1.165, 1.54) is 11.3 Å². The zero-order chi connectivity index (χ0) is 14.8. The van der Waals surface area contributed by atoms with E-state index in [0.717, 1.165) is 15.2 Å². The van der Waals surface area contributed by atoms with Crippen LogP contribution >= 0.6 is 11.3 Å². The van der Waals surface area contributed by atoms with Gasteiger partial charge in [-0.15, -0.1) is 11.3 Å². The molecule has 0 radical (unpaired) electrons. The van der Waals surface area contributed by atoms with E-state index >= 15 is 0 Å². The average Bonchev–Trinajstić information content (AvgIpc) is 2.66. The molecule has 0 aliphatic carbocycles. The second-order valence-corrected chi connectivity index (χ2v) is 5.42. The second kappa shape index (κ2) is 5.76. The van der Waals surface area contributed by atoms with Gasteiger partial charge in [0.2, 0.25) is 5.91 Å². The predicted molar refractivity (Wildman–Crippen MR) is 71.9 cm³/mol. The SMILES string of the molecule is Cc1nc2ccc(NC(=O)CNCC(F)(F)F)cc2s1. The minimum absolute atomic E-state index is 0.390. The fourth-order valence-corrected chi connectivity index (χ4v) is 2.51. The lowest BCUT2D eigenvalue weighted by molar-refractivity contribution is -0.126. The lowest BCUT2D eigenvalue weighted by Gasteiger charge is -2.08. The first kappa shape index (κ1) is 14.7. The van der Waals surface area contributed by atoms with Gasteiger partial charge in [0.1, 0.15) is 0 Å². The molecular weight excluding hydrogens is 291 g/mol. The number of anilines is 1. The molecule has 2 rings (SSSR count). The zero-order valence-electron chi connectivity index (χ0n) is 10.5. The van der Waals surface area contributed by atoms with Crippen LogP contribution < -0.4 is 10.6 Å². The number of carbonyl (C=O) groups excluding carboxylic acids is 1. The summed E-state index contributed by atoms with van der Waals surface area (Å²) in [5.74, 6) is -0.519. The lowest BCUT2D eigenvalue weighted by Crippen LogP contribution is -2.35. The molecular formula is C12H12F3N3OS. The van der Waals surface area contributed by atoms with E-state index in [4.69, 9.17) is 0 Å². The van der Waals surface area contributed by atoms with Gasteiger partial charge in [-0.1, -0.05) is 0 Å². The Labute approximate surface area is 117 Å². The van der Waals surface area contributed by atoms with E-state index in [1.807, 2.05) is 12.2 Å². The largest absolute Gasteiger partial charge is 0.401 e. The molecule has 1 amide bonds. The predicted octanol–water partition coefficient (Wildman–Crippen LogP) is 2.70. The number of hydrogen-bond acceptors (Lipinski definition) is 4. The molecule has 0 aliphatic rings. The monoisotopic (exact) mass is 303 g/mol. The van der Waals surface area contributed by atoms with E-state index in [-0.39, 0.29) is 6.54 Å². The smallest absolute Gasteiger partial charge is 0.325 e. The number of alkyl halides is 3. The quantitative estimate of drug-likeness (QED) is 0.913. The molecule has 1 aromatic carbocycles. The van der Waals surface area contributed by atoms with Crippen molar-refractivity contribution < 1.29 is 18.0 Å². The number of rotatable bonds is 4. The van der Waals surface area contributed by atoms with E-state index in [9.17, 15) is 18.0 Å². The van der Waals surface area contributed by atoms with Crippen LogP contribution in [0.25, 0.3) is 10.2 Å². The molecule has 1 heterocycles. The highest BCUT2D eigenvalue weighted by molar-refractivity contribution is 7.18. The van der Waals surface area contributed by atoms with Crippen LogP contribution in [0.2, 0.25) is 0 Å². The van der Waals surface area contributed by atoms with Crippen LogP contribution in [-0.2, 0) is 4.79 Å². The fourth-order valence-electron chi connectivity index (χ4n) is 1.64. The molecule has 20 heavy (non-hydrogen) atoms. The number of hydrogen-bond donors (Lipinski definition) is 2. The van der Waals surface area contributed by atoms with E-state index in [2.05, 4.69) is 10.3 Å². The van der Waals surface area contributed by atoms with E-state index in [1.54, 1.807) is 18.2 Å². The number of benzene rings is 1. The lowest BCUT2D eigenvalue weighted by atomic mass is 10.3. The van der Waals surface area contributed by atoms with Crippen molar-refractivity contribution in [3.8, 4) is 0 Å². The third-order valence-corrected chi connectivity index (χ3v) is 3.32. The summed E-state index contributed by atoms with van der Waals surface area (Å²) >= 11 is 1.49. The number of amides is 1. The van der Waals surface area contributed by atoms with Crippen molar-refractivity contribution in [1.82, 2.24) is 10.3 Å². The topological polar surface area (TPSA) is 54.0 Å². The van der Waals surface area contributed by atoms with E-state index < -0.39 is 18.6 Å². The van der Waals surface area contributed by atoms with Crippen molar-refractivity contribution in [3.05, 3.63) is 23.2 Å². The molecule has 0 bridgehead atoms. The molecule has 0 saturated heterocycles. The van der Waals surface area contributed by atoms with Crippen LogP contribution in [0.1, 0.15) is 5.01 Å². The van der Waals surface area contributed by atoms with Crippen LogP contribution in [-0.4, -0.2) is 30.2 Å². The average molecular weight is 303 g/mol. The standard InChI is InChI=1S/C12H12F3N3OS/c1-7-17-9-3-2-8(4-10(9)20-7)18-11(19)5-16-6-12(13,14)15/h2-4,16H,5-6H2,1H3,(H,18,19). The number of nitrogens with one attached hydrogen (secondary N) is 2. The summed E-state index contributed by atoms with van der Waals surface area (Å²) in [7, 11) is 0. The fraction of sp³-hybridized carbons (Fsp3) is 0.333. The summed E-state index contributed by atoms with van der Waals surface area (Å²) in [6, 6.07) is 5.18. The number of nitrogens with zero attached hydrogens (tertiary/aromatic N) is 1. The number of aryl methyl sites for hydroxylation is 1. The van der Waals surface area contributed by atoms with Crippen molar-refractivity contribution in [2.75, 3.05) is 18.4 Å². The second-order valence-electron chi connectivity index (χ2n) is 4.18. The highest BCUT2D eigenvalue weighted by Crippen LogP contribution is 2.24. The first-order chi connectivity index (χ1) is 9.33. The van der Waals surface area contributed by atoms with Crippen molar-refractivity contribution in [1.29, 1.82) is 0 Å². The molecule has 0 fully saturated rings. The van der Waals surface area contributed by atoms with Gasteiger partial charge in [-0.05, 0) is 25.1 Å².